The van der Waals surface area contributed by atoms with Crippen molar-refractivity contribution in [2.45, 2.75) is 32.6 Å². The summed E-state index contributed by atoms with van der Waals surface area (Å²) in [7, 11) is 0. The highest BCUT2D eigenvalue weighted by Crippen LogP contribution is 2.41. The van der Waals surface area contributed by atoms with Crippen molar-refractivity contribution in [2.24, 2.45) is 5.92 Å². The highest BCUT2D eigenvalue weighted by Gasteiger charge is 2.30. The van der Waals surface area contributed by atoms with E-state index in [9.17, 15) is 0 Å². The Kier molecular flexibility index (Phi) is 3.46. The molecular formula is C19H19N5. The van der Waals surface area contributed by atoms with E-state index < -0.39 is 0 Å². The van der Waals surface area contributed by atoms with Crippen LogP contribution in [-0.4, -0.2) is 19.5 Å². The van der Waals surface area contributed by atoms with Gasteiger partial charge in [-0.15, -0.1) is 0 Å². The van der Waals surface area contributed by atoms with E-state index in [-0.39, 0.29) is 5.95 Å². The molecule has 5 heteroatoms. The van der Waals surface area contributed by atoms with Crippen molar-refractivity contribution in [2.75, 3.05) is 5.73 Å². The molecule has 0 amide bonds. The summed E-state index contributed by atoms with van der Waals surface area (Å²) < 4.78 is 2.10. The van der Waals surface area contributed by atoms with E-state index in [1.54, 1.807) is 6.20 Å². The summed E-state index contributed by atoms with van der Waals surface area (Å²) in [4.78, 5) is 13.2. The number of rotatable bonds is 2. The Morgan fingerprint density at radius 2 is 2.04 bits per heavy atom. The largest absolute Gasteiger partial charge is 0.368 e. The van der Waals surface area contributed by atoms with E-state index in [1.165, 1.54) is 12.8 Å². The van der Waals surface area contributed by atoms with Crippen molar-refractivity contribution < 1.29 is 0 Å². The molecule has 0 radical (unpaired) electrons. The standard InChI is InChI=1S/C19H19N5/c1-12(2)3-4-13-5-8-15-16(11-13)24(18(22-15)14-6-7-14)17-9-10-21-19(20)23-17/h5,8-12,14H,6-7H2,1-2H3,(H2,20,21,23). The van der Waals surface area contributed by atoms with Crippen molar-refractivity contribution >= 4 is 17.0 Å². The number of benzene rings is 1. The van der Waals surface area contributed by atoms with Crippen molar-refractivity contribution in [3.05, 3.63) is 41.9 Å². The minimum Gasteiger partial charge on any atom is -0.368 e. The molecule has 1 aliphatic rings. The number of nitrogen functional groups attached to an aromatic ring is 1. The third-order valence-corrected chi connectivity index (χ3v) is 4.02. The lowest BCUT2D eigenvalue weighted by molar-refractivity contribution is 0.866. The van der Waals surface area contributed by atoms with E-state index in [4.69, 9.17) is 10.7 Å². The highest BCUT2D eigenvalue weighted by atomic mass is 15.2. The second kappa shape index (κ2) is 5.64. The van der Waals surface area contributed by atoms with Gasteiger partial charge in [0, 0.05) is 23.6 Å². The Labute approximate surface area is 141 Å². The SMILES string of the molecule is CC(C)C#Cc1ccc2nc(C3CC3)n(-c3ccnc(N)n3)c2c1. The smallest absolute Gasteiger partial charge is 0.221 e. The summed E-state index contributed by atoms with van der Waals surface area (Å²) in [6.45, 7) is 4.18. The molecular weight excluding hydrogens is 298 g/mol. The maximum Gasteiger partial charge on any atom is 0.221 e. The average molecular weight is 317 g/mol. The van der Waals surface area contributed by atoms with E-state index >= 15 is 0 Å². The Morgan fingerprint density at radius 1 is 1.21 bits per heavy atom. The molecule has 3 aromatic rings. The van der Waals surface area contributed by atoms with Crippen LogP contribution in [0.1, 0.15) is 44.0 Å². The van der Waals surface area contributed by atoms with Crippen molar-refractivity contribution in [3.8, 4) is 17.7 Å². The molecule has 1 aromatic carbocycles. The summed E-state index contributed by atoms with van der Waals surface area (Å²) >= 11 is 0. The first-order chi connectivity index (χ1) is 11.6. The molecule has 2 heterocycles. The van der Waals surface area contributed by atoms with E-state index in [0.29, 0.717) is 11.8 Å². The number of nitrogens with zero attached hydrogens (tertiary/aromatic N) is 4. The number of fused-ring (bicyclic) bond motifs is 1. The second-order valence-corrected chi connectivity index (χ2v) is 6.48. The molecule has 0 spiro atoms. The molecule has 1 saturated carbocycles. The predicted octanol–water partition coefficient (Wildman–Crippen LogP) is 3.28. The van der Waals surface area contributed by atoms with Crippen LogP contribution in [-0.2, 0) is 0 Å². The molecule has 0 unspecified atom stereocenters. The van der Waals surface area contributed by atoms with Gasteiger partial charge in [-0.1, -0.05) is 25.7 Å². The fourth-order valence-corrected chi connectivity index (χ4v) is 2.74. The fraction of sp³-hybridized carbons (Fsp3) is 0.316. The summed E-state index contributed by atoms with van der Waals surface area (Å²) in [6, 6.07) is 8.02. The van der Waals surface area contributed by atoms with Gasteiger partial charge in [0.1, 0.15) is 11.6 Å². The minimum atomic E-state index is 0.270. The number of nitrogens with two attached hydrogens (primary N) is 1. The Morgan fingerprint density at radius 3 is 2.75 bits per heavy atom. The van der Waals surface area contributed by atoms with E-state index in [2.05, 4.69) is 46.3 Å². The van der Waals surface area contributed by atoms with Gasteiger partial charge < -0.3 is 5.73 Å². The van der Waals surface area contributed by atoms with E-state index in [1.807, 2.05) is 18.2 Å². The number of anilines is 1. The number of hydrogen-bond donors (Lipinski definition) is 1. The second-order valence-electron chi connectivity index (χ2n) is 6.48. The van der Waals surface area contributed by atoms with Crippen LogP contribution < -0.4 is 5.73 Å². The van der Waals surface area contributed by atoms with Gasteiger partial charge in [-0.05, 0) is 37.1 Å². The summed E-state index contributed by atoms with van der Waals surface area (Å²) in [5, 5.41) is 0. The molecule has 2 N–H and O–H groups in total. The van der Waals surface area contributed by atoms with Crippen LogP contribution in [0.15, 0.2) is 30.5 Å². The molecule has 0 aliphatic heterocycles. The third kappa shape index (κ3) is 2.71. The zero-order valence-corrected chi connectivity index (χ0v) is 13.8. The van der Waals surface area contributed by atoms with Gasteiger partial charge in [0.15, 0.2) is 0 Å². The zero-order valence-electron chi connectivity index (χ0n) is 13.8. The minimum absolute atomic E-state index is 0.270. The highest BCUT2D eigenvalue weighted by molar-refractivity contribution is 5.80. The topological polar surface area (TPSA) is 69.6 Å². The lowest BCUT2D eigenvalue weighted by Gasteiger charge is -2.08. The molecule has 4 rings (SSSR count). The van der Waals surface area contributed by atoms with Crippen LogP contribution in [0.3, 0.4) is 0 Å². The molecule has 24 heavy (non-hydrogen) atoms. The van der Waals surface area contributed by atoms with Crippen LogP contribution in [0, 0.1) is 17.8 Å². The van der Waals surface area contributed by atoms with Gasteiger partial charge in [-0.2, -0.15) is 4.98 Å². The molecule has 1 fully saturated rings. The first-order valence-corrected chi connectivity index (χ1v) is 8.24. The lowest BCUT2D eigenvalue weighted by atomic mass is 10.1. The number of imidazole rings is 1. The Bertz CT molecular complexity index is 970. The quantitative estimate of drug-likeness (QED) is 0.736. The van der Waals surface area contributed by atoms with Crippen molar-refractivity contribution in [3.63, 3.8) is 0 Å². The molecule has 120 valence electrons. The van der Waals surface area contributed by atoms with Gasteiger partial charge in [-0.3, -0.25) is 4.57 Å². The maximum atomic E-state index is 5.78. The molecule has 0 atom stereocenters. The first-order valence-electron chi connectivity index (χ1n) is 8.24. The summed E-state index contributed by atoms with van der Waals surface area (Å²) in [5.74, 6) is 9.37. The van der Waals surface area contributed by atoms with E-state index in [0.717, 1.165) is 28.2 Å². The van der Waals surface area contributed by atoms with Gasteiger partial charge in [0.2, 0.25) is 5.95 Å². The molecule has 0 saturated heterocycles. The van der Waals surface area contributed by atoms with Crippen LogP contribution in [0.25, 0.3) is 16.9 Å². The summed E-state index contributed by atoms with van der Waals surface area (Å²) in [6.07, 6.45) is 4.02. The van der Waals surface area contributed by atoms with Gasteiger partial charge in [0.05, 0.1) is 11.0 Å². The zero-order chi connectivity index (χ0) is 16.7. The lowest BCUT2D eigenvalue weighted by Crippen LogP contribution is -2.05. The average Bonchev–Trinajstić information content (AvgIpc) is 3.33. The van der Waals surface area contributed by atoms with Crippen LogP contribution >= 0.6 is 0 Å². The number of hydrogen-bond acceptors (Lipinski definition) is 4. The van der Waals surface area contributed by atoms with Gasteiger partial charge in [0.25, 0.3) is 0 Å². The molecule has 0 bridgehead atoms. The normalized spacial score (nSPS) is 14.0. The van der Waals surface area contributed by atoms with Crippen LogP contribution in [0.2, 0.25) is 0 Å². The van der Waals surface area contributed by atoms with Crippen molar-refractivity contribution in [1.29, 1.82) is 0 Å². The maximum absolute atomic E-state index is 5.78. The number of aromatic nitrogens is 4. The van der Waals surface area contributed by atoms with Gasteiger partial charge >= 0.3 is 0 Å². The Hall–Kier alpha value is -2.87. The molecule has 2 aromatic heterocycles. The molecule has 5 nitrogen and oxygen atoms in total. The first kappa shape index (κ1) is 14.7. The van der Waals surface area contributed by atoms with Gasteiger partial charge in [-0.25, -0.2) is 9.97 Å². The third-order valence-electron chi connectivity index (χ3n) is 4.02. The molecule has 1 aliphatic carbocycles. The van der Waals surface area contributed by atoms with Crippen LogP contribution in [0.4, 0.5) is 5.95 Å². The Balaban J connectivity index is 1.93. The predicted molar refractivity (Wildman–Crippen MR) is 94.8 cm³/mol. The monoisotopic (exact) mass is 317 g/mol. The van der Waals surface area contributed by atoms with Crippen molar-refractivity contribution in [1.82, 2.24) is 19.5 Å². The fourth-order valence-electron chi connectivity index (χ4n) is 2.74. The van der Waals surface area contributed by atoms with Crippen LogP contribution in [0.5, 0.6) is 0 Å². The summed E-state index contributed by atoms with van der Waals surface area (Å²) in [5.41, 5.74) is 8.75.